The standard InChI is InChI=1S/C11H25NO2S/c1-4-15(13,14)10-8-6-5-7-9-12-11(2)3/h11-12H,4-10H2,1-3H3. The van der Waals surface area contributed by atoms with E-state index in [0.29, 0.717) is 11.8 Å². The van der Waals surface area contributed by atoms with Gasteiger partial charge in [0.25, 0.3) is 0 Å². The molecule has 0 amide bonds. The molecule has 0 aromatic heterocycles. The molecule has 0 aliphatic heterocycles. The molecule has 0 aromatic rings. The van der Waals surface area contributed by atoms with E-state index in [1.54, 1.807) is 6.92 Å². The Kier molecular flexibility index (Phi) is 8.06. The molecule has 0 radical (unpaired) electrons. The minimum Gasteiger partial charge on any atom is -0.315 e. The van der Waals surface area contributed by atoms with Gasteiger partial charge in [0.1, 0.15) is 9.84 Å². The highest BCUT2D eigenvalue weighted by atomic mass is 32.2. The van der Waals surface area contributed by atoms with Crippen molar-refractivity contribution in [3.05, 3.63) is 0 Å². The van der Waals surface area contributed by atoms with Crippen LogP contribution in [0, 0.1) is 0 Å². The first-order valence-electron chi connectivity index (χ1n) is 5.91. The number of hydrogen-bond acceptors (Lipinski definition) is 3. The molecular formula is C11H25NO2S. The molecule has 15 heavy (non-hydrogen) atoms. The fourth-order valence-corrected chi connectivity index (χ4v) is 2.27. The SMILES string of the molecule is CCS(=O)(=O)CCCCCCNC(C)C. The van der Waals surface area contributed by atoms with Gasteiger partial charge in [-0.1, -0.05) is 33.6 Å². The van der Waals surface area contributed by atoms with Crippen LogP contribution in [0.3, 0.4) is 0 Å². The monoisotopic (exact) mass is 235 g/mol. The third-order valence-electron chi connectivity index (χ3n) is 2.37. The predicted octanol–water partition coefficient (Wildman–Crippen LogP) is 1.98. The van der Waals surface area contributed by atoms with E-state index in [-0.39, 0.29) is 5.75 Å². The molecule has 0 atom stereocenters. The van der Waals surface area contributed by atoms with Crippen molar-refractivity contribution in [2.45, 2.75) is 52.5 Å². The summed E-state index contributed by atoms with van der Waals surface area (Å²) in [5, 5.41) is 3.35. The Labute approximate surface area is 94.6 Å². The molecule has 0 rings (SSSR count). The fraction of sp³-hybridized carbons (Fsp3) is 1.00. The van der Waals surface area contributed by atoms with Crippen molar-refractivity contribution in [2.75, 3.05) is 18.1 Å². The molecule has 1 N–H and O–H groups in total. The van der Waals surface area contributed by atoms with Gasteiger partial charge in [0.05, 0.1) is 5.75 Å². The van der Waals surface area contributed by atoms with Gasteiger partial charge in [-0.25, -0.2) is 8.42 Å². The van der Waals surface area contributed by atoms with Crippen molar-refractivity contribution in [2.24, 2.45) is 0 Å². The first-order valence-corrected chi connectivity index (χ1v) is 7.74. The Morgan fingerprint density at radius 2 is 1.67 bits per heavy atom. The maximum atomic E-state index is 11.2. The number of rotatable bonds is 9. The summed E-state index contributed by atoms with van der Waals surface area (Å²) >= 11 is 0. The van der Waals surface area contributed by atoms with Gasteiger partial charge in [-0.3, -0.25) is 0 Å². The number of nitrogens with one attached hydrogen (secondary N) is 1. The highest BCUT2D eigenvalue weighted by molar-refractivity contribution is 7.91. The molecule has 0 aliphatic carbocycles. The molecule has 0 aliphatic rings. The second kappa shape index (κ2) is 8.11. The van der Waals surface area contributed by atoms with Gasteiger partial charge in [0, 0.05) is 11.8 Å². The third-order valence-corrected chi connectivity index (χ3v) is 4.16. The van der Waals surface area contributed by atoms with E-state index in [2.05, 4.69) is 19.2 Å². The van der Waals surface area contributed by atoms with Crippen molar-refractivity contribution >= 4 is 9.84 Å². The molecule has 0 aromatic carbocycles. The average molecular weight is 235 g/mol. The zero-order chi connectivity index (χ0) is 11.7. The smallest absolute Gasteiger partial charge is 0.150 e. The molecular weight excluding hydrogens is 210 g/mol. The van der Waals surface area contributed by atoms with Gasteiger partial charge < -0.3 is 5.32 Å². The number of hydrogen-bond donors (Lipinski definition) is 1. The maximum absolute atomic E-state index is 11.2. The fourth-order valence-electron chi connectivity index (χ4n) is 1.34. The number of unbranched alkanes of at least 4 members (excludes halogenated alkanes) is 3. The van der Waals surface area contributed by atoms with Crippen LogP contribution in [0.5, 0.6) is 0 Å². The summed E-state index contributed by atoms with van der Waals surface area (Å²) in [5.74, 6) is 0.642. The summed E-state index contributed by atoms with van der Waals surface area (Å²) in [4.78, 5) is 0. The van der Waals surface area contributed by atoms with Gasteiger partial charge in [0.2, 0.25) is 0 Å². The molecule has 3 nitrogen and oxygen atoms in total. The summed E-state index contributed by atoms with van der Waals surface area (Å²) < 4.78 is 22.3. The minimum atomic E-state index is -2.74. The van der Waals surface area contributed by atoms with Crippen LogP contribution in [-0.4, -0.2) is 32.5 Å². The Bertz CT molecular complexity index is 235. The highest BCUT2D eigenvalue weighted by Gasteiger charge is 2.05. The van der Waals surface area contributed by atoms with Crippen LogP contribution in [0.1, 0.15) is 46.5 Å². The van der Waals surface area contributed by atoms with Crippen LogP contribution < -0.4 is 5.32 Å². The lowest BCUT2D eigenvalue weighted by molar-refractivity contribution is 0.544. The van der Waals surface area contributed by atoms with Gasteiger partial charge >= 0.3 is 0 Å². The zero-order valence-electron chi connectivity index (χ0n) is 10.3. The molecule has 0 spiro atoms. The number of sulfone groups is 1. The molecule has 0 fully saturated rings. The van der Waals surface area contributed by atoms with E-state index < -0.39 is 9.84 Å². The van der Waals surface area contributed by atoms with Crippen LogP contribution in [0.15, 0.2) is 0 Å². The molecule has 4 heteroatoms. The van der Waals surface area contributed by atoms with Crippen LogP contribution in [0.2, 0.25) is 0 Å². The van der Waals surface area contributed by atoms with Gasteiger partial charge in [-0.05, 0) is 19.4 Å². The second-order valence-electron chi connectivity index (χ2n) is 4.26. The lowest BCUT2D eigenvalue weighted by atomic mass is 10.2. The largest absolute Gasteiger partial charge is 0.315 e. The molecule has 0 heterocycles. The molecule has 0 saturated carbocycles. The summed E-state index contributed by atoms with van der Waals surface area (Å²) in [6.45, 7) is 7.02. The predicted molar refractivity (Wildman–Crippen MR) is 65.9 cm³/mol. The Balaban J connectivity index is 3.26. The quantitative estimate of drug-likeness (QED) is 0.622. The van der Waals surface area contributed by atoms with Gasteiger partial charge in [-0.15, -0.1) is 0 Å². The van der Waals surface area contributed by atoms with Crippen molar-refractivity contribution in [1.82, 2.24) is 5.32 Å². The molecule has 0 saturated heterocycles. The summed E-state index contributed by atoms with van der Waals surface area (Å²) in [7, 11) is -2.74. The maximum Gasteiger partial charge on any atom is 0.150 e. The minimum absolute atomic E-state index is 0.280. The molecule has 0 unspecified atom stereocenters. The van der Waals surface area contributed by atoms with Gasteiger partial charge in [-0.2, -0.15) is 0 Å². The Morgan fingerprint density at radius 3 is 2.20 bits per heavy atom. The summed E-state index contributed by atoms with van der Waals surface area (Å²) in [6.07, 6.45) is 4.11. The Hall–Kier alpha value is -0.0900. The second-order valence-corrected chi connectivity index (χ2v) is 6.73. The normalized spacial score (nSPS) is 12.3. The van der Waals surface area contributed by atoms with E-state index >= 15 is 0 Å². The lowest BCUT2D eigenvalue weighted by Gasteiger charge is -2.07. The van der Waals surface area contributed by atoms with Crippen LogP contribution in [-0.2, 0) is 9.84 Å². The van der Waals surface area contributed by atoms with E-state index in [4.69, 9.17) is 0 Å². The first-order chi connectivity index (χ1) is 6.98. The molecule has 0 bridgehead atoms. The highest BCUT2D eigenvalue weighted by Crippen LogP contribution is 2.02. The van der Waals surface area contributed by atoms with Crippen molar-refractivity contribution in [3.63, 3.8) is 0 Å². The van der Waals surface area contributed by atoms with E-state index in [1.807, 2.05) is 0 Å². The average Bonchev–Trinajstić information content (AvgIpc) is 2.16. The van der Waals surface area contributed by atoms with E-state index in [0.717, 1.165) is 32.2 Å². The van der Waals surface area contributed by atoms with Crippen LogP contribution in [0.4, 0.5) is 0 Å². The topological polar surface area (TPSA) is 46.2 Å². The van der Waals surface area contributed by atoms with Gasteiger partial charge in [0.15, 0.2) is 0 Å². The third kappa shape index (κ3) is 10.2. The Morgan fingerprint density at radius 1 is 1.07 bits per heavy atom. The van der Waals surface area contributed by atoms with Crippen molar-refractivity contribution in [1.29, 1.82) is 0 Å². The zero-order valence-corrected chi connectivity index (χ0v) is 11.1. The van der Waals surface area contributed by atoms with E-state index in [9.17, 15) is 8.42 Å². The van der Waals surface area contributed by atoms with Crippen LogP contribution >= 0.6 is 0 Å². The van der Waals surface area contributed by atoms with Crippen LogP contribution in [0.25, 0.3) is 0 Å². The molecule has 92 valence electrons. The first kappa shape index (κ1) is 14.9. The lowest BCUT2D eigenvalue weighted by Crippen LogP contribution is -2.23. The summed E-state index contributed by atoms with van der Waals surface area (Å²) in [5.41, 5.74) is 0. The summed E-state index contributed by atoms with van der Waals surface area (Å²) in [6, 6.07) is 0.547. The van der Waals surface area contributed by atoms with E-state index in [1.165, 1.54) is 0 Å². The van der Waals surface area contributed by atoms with Crippen molar-refractivity contribution in [3.8, 4) is 0 Å². The van der Waals surface area contributed by atoms with Crippen molar-refractivity contribution < 1.29 is 8.42 Å².